The van der Waals surface area contributed by atoms with E-state index in [1.54, 1.807) is 48.4 Å². The number of nitrogens with zero attached hydrogens (tertiary/aromatic N) is 2. The molecule has 2 aromatic carbocycles. The zero-order valence-electron chi connectivity index (χ0n) is 14.9. The molecule has 0 atom stereocenters. The second-order valence-corrected chi connectivity index (χ2v) is 6.16. The highest BCUT2D eigenvalue weighted by Crippen LogP contribution is 2.23. The lowest BCUT2D eigenvalue weighted by atomic mass is 10.1. The minimum atomic E-state index is -0.475. The largest absolute Gasteiger partial charge is 0.497 e. The first-order valence-electron chi connectivity index (χ1n) is 8.78. The number of urea groups is 2. The summed E-state index contributed by atoms with van der Waals surface area (Å²) in [5.41, 5.74) is 1.15. The predicted octanol–water partition coefficient (Wildman–Crippen LogP) is 4.34. The van der Waals surface area contributed by atoms with Gasteiger partial charge in [0.25, 0.3) is 0 Å². The molecule has 1 N–H and O–H groups in total. The summed E-state index contributed by atoms with van der Waals surface area (Å²) in [4.78, 5) is 28.9. The summed E-state index contributed by atoms with van der Waals surface area (Å²) in [5, 5.41) is 2.80. The number of hydrogen-bond donors (Lipinski definition) is 1. The fourth-order valence-corrected chi connectivity index (χ4v) is 2.97. The summed E-state index contributed by atoms with van der Waals surface area (Å²) in [6.45, 7) is 1.34. The van der Waals surface area contributed by atoms with E-state index in [1.165, 1.54) is 4.90 Å². The van der Waals surface area contributed by atoms with Crippen LogP contribution >= 0.6 is 0 Å². The van der Waals surface area contributed by atoms with Crippen molar-refractivity contribution in [1.82, 2.24) is 4.90 Å². The maximum absolute atomic E-state index is 13.0. The van der Waals surface area contributed by atoms with Crippen molar-refractivity contribution in [3.05, 3.63) is 54.6 Å². The average molecular weight is 353 g/mol. The molecular weight excluding hydrogens is 330 g/mol. The first kappa shape index (κ1) is 17.8. The number of rotatable bonds is 3. The molecule has 26 heavy (non-hydrogen) atoms. The van der Waals surface area contributed by atoms with Gasteiger partial charge in [-0.25, -0.2) is 14.5 Å². The van der Waals surface area contributed by atoms with Crippen LogP contribution in [0.2, 0.25) is 0 Å². The summed E-state index contributed by atoms with van der Waals surface area (Å²) in [7, 11) is 1.58. The lowest BCUT2D eigenvalue weighted by molar-refractivity contribution is 0.193. The zero-order valence-corrected chi connectivity index (χ0v) is 14.9. The Bertz CT molecular complexity index is 741. The van der Waals surface area contributed by atoms with E-state index < -0.39 is 6.03 Å². The highest BCUT2D eigenvalue weighted by Gasteiger charge is 2.29. The highest BCUT2D eigenvalue weighted by molar-refractivity contribution is 6.17. The number of ether oxygens (including phenoxy) is 1. The molecule has 2 aromatic rings. The number of piperidine rings is 1. The standard InChI is InChI=1S/C20H23N3O3/c1-26-18-12-10-17(11-13-18)23(20(25)22-14-6-3-7-15-22)19(24)21-16-8-4-2-5-9-16/h2,4-5,8-13H,3,6-7,14-15H2,1H3,(H,21,24). The van der Waals surface area contributed by atoms with Gasteiger partial charge in [0, 0.05) is 18.8 Å². The maximum atomic E-state index is 13.0. The molecule has 4 amide bonds. The average Bonchev–Trinajstić information content (AvgIpc) is 2.70. The lowest BCUT2D eigenvalue weighted by Gasteiger charge is -2.32. The van der Waals surface area contributed by atoms with E-state index in [-0.39, 0.29) is 6.03 Å². The molecule has 3 rings (SSSR count). The van der Waals surface area contributed by atoms with Gasteiger partial charge in [-0.15, -0.1) is 0 Å². The summed E-state index contributed by atoms with van der Waals surface area (Å²) < 4.78 is 5.17. The van der Waals surface area contributed by atoms with Crippen LogP contribution in [-0.4, -0.2) is 37.2 Å². The second kappa shape index (κ2) is 8.38. The molecule has 0 unspecified atom stereocenters. The molecule has 0 spiro atoms. The molecule has 1 aliphatic rings. The Balaban J connectivity index is 1.86. The summed E-state index contributed by atoms with van der Waals surface area (Å²) in [5.74, 6) is 0.669. The third-order valence-electron chi connectivity index (χ3n) is 4.38. The number of methoxy groups -OCH3 is 1. The van der Waals surface area contributed by atoms with Crippen LogP contribution in [0.15, 0.2) is 54.6 Å². The molecule has 0 aromatic heterocycles. The van der Waals surface area contributed by atoms with Crippen molar-refractivity contribution in [2.24, 2.45) is 0 Å². The molecule has 0 aliphatic carbocycles. The number of hydrogen-bond acceptors (Lipinski definition) is 3. The lowest BCUT2D eigenvalue weighted by Crippen LogP contribution is -2.49. The quantitative estimate of drug-likeness (QED) is 0.893. The van der Waals surface area contributed by atoms with Crippen molar-refractivity contribution >= 4 is 23.4 Å². The van der Waals surface area contributed by atoms with Gasteiger partial charge < -0.3 is 15.0 Å². The number of amides is 4. The maximum Gasteiger partial charge on any atom is 0.334 e. The number of benzene rings is 2. The number of carbonyl (C=O) groups excluding carboxylic acids is 2. The van der Waals surface area contributed by atoms with Crippen LogP contribution in [0.1, 0.15) is 19.3 Å². The Morgan fingerprint density at radius 1 is 0.962 bits per heavy atom. The second-order valence-electron chi connectivity index (χ2n) is 6.16. The van der Waals surface area contributed by atoms with Gasteiger partial charge in [0.2, 0.25) is 0 Å². The van der Waals surface area contributed by atoms with Gasteiger partial charge >= 0.3 is 12.1 Å². The van der Waals surface area contributed by atoms with Crippen LogP contribution in [0.3, 0.4) is 0 Å². The van der Waals surface area contributed by atoms with Crippen LogP contribution in [-0.2, 0) is 0 Å². The Labute approximate surface area is 153 Å². The van der Waals surface area contributed by atoms with Crippen molar-refractivity contribution in [1.29, 1.82) is 0 Å². The zero-order chi connectivity index (χ0) is 18.4. The van der Waals surface area contributed by atoms with E-state index in [4.69, 9.17) is 4.74 Å². The van der Waals surface area contributed by atoms with Crippen LogP contribution in [0.5, 0.6) is 5.75 Å². The Kier molecular flexibility index (Phi) is 5.73. The molecule has 1 saturated heterocycles. The van der Waals surface area contributed by atoms with Crippen molar-refractivity contribution in [3.63, 3.8) is 0 Å². The smallest absolute Gasteiger partial charge is 0.334 e. The number of nitrogens with one attached hydrogen (secondary N) is 1. The van der Waals surface area contributed by atoms with Crippen molar-refractivity contribution in [2.75, 3.05) is 30.4 Å². The van der Waals surface area contributed by atoms with Gasteiger partial charge in [-0.1, -0.05) is 18.2 Å². The van der Waals surface area contributed by atoms with Crippen LogP contribution in [0.25, 0.3) is 0 Å². The van der Waals surface area contributed by atoms with Crippen LogP contribution < -0.4 is 15.0 Å². The molecule has 136 valence electrons. The van der Waals surface area contributed by atoms with Crippen molar-refractivity contribution in [2.45, 2.75) is 19.3 Å². The fourth-order valence-electron chi connectivity index (χ4n) is 2.97. The predicted molar refractivity (Wildman–Crippen MR) is 102 cm³/mol. The van der Waals surface area contributed by atoms with E-state index in [0.717, 1.165) is 19.3 Å². The summed E-state index contributed by atoms with van der Waals surface area (Å²) >= 11 is 0. The Morgan fingerprint density at radius 3 is 2.23 bits per heavy atom. The summed E-state index contributed by atoms with van der Waals surface area (Å²) in [6.07, 6.45) is 3.04. The van der Waals surface area contributed by atoms with E-state index in [2.05, 4.69) is 5.32 Å². The Morgan fingerprint density at radius 2 is 1.62 bits per heavy atom. The molecule has 1 heterocycles. The third-order valence-corrected chi connectivity index (χ3v) is 4.38. The first-order chi connectivity index (χ1) is 12.7. The van der Waals surface area contributed by atoms with Gasteiger partial charge in [-0.3, -0.25) is 0 Å². The molecule has 0 radical (unpaired) electrons. The first-order valence-corrected chi connectivity index (χ1v) is 8.78. The SMILES string of the molecule is COc1ccc(N(C(=O)Nc2ccccc2)C(=O)N2CCCCC2)cc1. The normalized spacial score (nSPS) is 13.8. The summed E-state index contributed by atoms with van der Waals surface area (Å²) in [6, 6.07) is 15.2. The van der Waals surface area contributed by atoms with Crippen LogP contribution in [0, 0.1) is 0 Å². The number of para-hydroxylation sites is 1. The Hall–Kier alpha value is -3.02. The van der Waals surface area contributed by atoms with Gasteiger partial charge in [-0.05, 0) is 55.7 Å². The number of likely N-dealkylation sites (tertiary alicyclic amines) is 1. The van der Waals surface area contributed by atoms with E-state index in [0.29, 0.717) is 30.2 Å². The molecule has 6 heteroatoms. The van der Waals surface area contributed by atoms with E-state index >= 15 is 0 Å². The minimum absolute atomic E-state index is 0.303. The monoisotopic (exact) mass is 353 g/mol. The van der Waals surface area contributed by atoms with E-state index in [9.17, 15) is 9.59 Å². The molecule has 0 saturated carbocycles. The topological polar surface area (TPSA) is 61.9 Å². The number of imide groups is 1. The number of carbonyl (C=O) groups is 2. The van der Waals surface area contributed by atoms with Gasteiger partial charge in [-0.2, -0.15) is 0 Å². The fraction of sp³-hybridized carbons (Fsp3) is 0.300. The third kappa shape index (κ3) is 4.14. The highest BCUT2D eigenvalue weighted by atomic mass is 16.5. The molecule has 1 fully saturated rings. The van der Waals surface area contributed by atoms with Crippen molar-refractivity contribution in [3.8, 4) is 5.75 Å². The van der Waals surface area contributed by atoms with E-state index in [1.807, 2.05) is 18.2 Å². The van der Waals surface area contributed by atoms with Crippen molar-refractivity contribution < 1.29 is 14.3 Å². The number of anilines is 2. The molecular formula is C20H23N3O3. The van der Waals surface area contributed by atoms with Gasteiger partial charge in [0.05, 0.1) is 12.8 Å². The molecule has 6 nitrogen and oxygen atoms in total. The molecule has 0 bridgehead atoms. The minimum Gasteiger partial charge on any atom is -0.497 e. The van der Waals surface area contributed by atoms with Gasteiger partial charge in [0.15, 0.2) is 0 Å². The molecule has 1 aliphatic heterocycles. The van der Waals surface area contributed by atoms with Gasteiger partial charge in [0.1, 0.15) is 5.75 Å². The van der Waals surface area contributed by atoms with Crippen LogP contribution in [0.4, 0.5) is 21.0 Å².